The predicted octanol–water partition coefficient (Wildman–Crippen LogP) is 0.397. The molecule has 354 valence electrons. The molecule has 0 aliphatic rings. The largest absolute Gasteiger partial charge is 0.481 e. The molecule has 0 fully saturated rings. The molecule has 1 aromatic carbocycles. The zero-order valence-electron chi connectivity index (χ0n) is 34.7. The number of Topliss-reactive ketones (excluding diaryl/α,β-unsaturated/α-hetero) is 2. The lowest BCUT2D eigenvalue weighted by molar-refractivity contribution is -0.145. The summed E-state index contributed by atoms with van der Waals surface area (Å²) >= 11 is 5.02. The van der Waals surface area contributed by atoms with Gasteiger partial charge in [-0.1, -0.05) is 51.9 Å². The highest BCUT2D eigenvalue weighted by molar-refractivity contribution is 8.76. The average molecular weight is 960 g/mol. The first kappa shape index (κ1) is 56.2. The van der Waals surface area contributed by atoms with E-state index in [4.69, 9.17) is 22.1 Å². The van der Waals surface area contributed by atoms with Crippen molar-refractivity contribution in [2.24, 2.45) is 11.8 Å². The minimum absolute atomic E-state index is 0.0405. The summed E-state index contributed by atoms with van der Waals surface area (Å²) in [6.45, 7) is 1.02. The van der Waals surface area contributed by atoms with E-state index < -0.39 is 127 Å². The van der Waals surface area contributed by atoms with Crippen molar-refractivity contribution >= 4 is 104 Å². The summed E-state index contributed by atoms with van der Waals surface area (Å²) in [4.78, 5) is 134. The SMILES string of the molecule is CC(=O)NCC(=O)OCCSSC[C@@H](NC(=O)[C@@H](CC(=O)[C@H](CC(=O)O)NC(=O)CC[C@H](CC(=O)CC[C@H](NC(=S)NCCCC(=O)O)C(=O)O)C(=O)O)Cc1ccccc1)C(=O)O. The van der Waals surface area contributed by atoms with Crippen LogP contribution < -0.4 is 26.6 Å². The van der Waals surface area contributed by atoms with Crippen molar-refractivity contribution in [3.8, 4) is 0 Å². The van der Waals surface area contributed by atoms with E-state index in [0.29, 0.717) is 5.56 Å². The number of thiocarbonyl (C=S) groups is 1. The second-order valence-corrected chi connectivity index (χ2v) is 17.1. The smallest absolute Gasteiger partial charge is 0.327 e. The van der Waals surface area contributed by atoms with Gasteiger partial charge in [-0.05, 0) is 43.5 Å². The molecular weight excluding hydrogens is 907 g/mol. The molecule has 0 radical (unpaired) electrons. The maximum Gasteiger partial charge on any atom is 0.327 e. The third-order valence-corrected chi connectivity index (χ3v) is 11.4. The molecule has 0 bridgehead atoms. The molecule has 0 unspecified atom stereocenters. The molecule has 0 saturated heterocycles. The third-order valence-electron chi connectivity index (χ3n) is 8.80. The number of ether oxygens (including phenoxy) is 1. The highest BCUT2D eigenvalue weighted by Gasteiger charge is 2.32. The number of aliphatic carboxylic acids is 5. The Labute approximate surface area is 380 Å². The second kappa shape index (κ2) is 31.1. The highest BCUT2D eigenvalue weighted by Crippen LogP contribution is 2.23. The molecule has 0 heterocycles. The zero-order chi connectivity index (χ0) is 48.2. The van der Waals surface area contributed by atoms with Crippen LogP contribution in [0.4, 0.5) is 0 Å². The lowest BCUT2D eigenvalue weighted by Gasteiger charge is -2.23. The number of carbonyl (C=O) groups excluding carboxylic acids is 6. The first-order valence-electron chi connectivity index (χ1n) is 19.7. The molecule has 22 nitrogen and oxygen atoms in total. The molecule has 5 atom stereocenters. The molecule has 64 heavy (non-hydrogen) atoms. The standard InChI is InChI=1S/C39H53N5O17S3/c1-22(45)41-20-34(53)61-14-15-63-64-21-29(38(59)60)43-35(54)25(16-23-6-3-2-4-7-23)18-30(47)28(19-33(51)52)42-31(48)12-9-24(36(55)56)17-26(46)10-11-27(37(57)58)44-39(62)40-13-5-8-32(49)50/h2-4,6-7,24-25,27-29H,5,8-21H2,1H3,(H,41,45)(H,42,48)(H,43,54)(H,49,50)(H,51,52)(H,55,56)(H,57,58)(H,59,60)(H2,40,44,62)/t24-,25-,27+,28+,29-/m1/s1. The van der Waals surface area contributed by atoms with Gasteiger partial charge in [0.1, 0.15) is 31.0 Å². The van der Waals surface area contributed by atoms with E-state index in [2.05, 4.69) is 26.6 Å². The number of amides is 3. The second-order valence-electron chi connectivity index (χ2n) is 14.1. The van der Waals surface area contributed by atoms with Gasteiger partial charge < -0.3 is 56.9 Å². The van der Waals surface area contributed by atoms with Crippen LogP contribution in [0.5, 0.6) is 0 Å². The summed E-state index contributed by atoms with van der Waals surface area (Å²) in [5, 5.41) is 59.4. The van der Waals surface area contributed by atoms with Crippen LogP contribution in [0, 0.1) is 11.8 Å². The van der Waals surface area contributed by atoms with Gasteiger partial charge in [-0.2, -0.15) is 0 Å². The van der Waals surface area contributed by atoms with Gasteiger partial charge in [0, 0.05) is 63.0 Å². The lowest BCUT2D eigenvalue weighted by Crippen LogP contribution is -2.48. The van der Waals surface area contributed by atoms with Gasteiger partial charge in [0.05, 0.1) is 18.4 Å². The fraction of sp³-hybridized carbons (Fsp3) is 0.538. The maximum atomic E-state index is 13.6. The molecule has 25 heteroatoms. The molecule has 0 aromatic heterocycles. The molecule has 0 spiro atoms. The van der Waals surface area contributed by atoms with Crippen LogP contribution >= 0.6 is 33.8 Å². The first-order chi connectivity index (χ1) is 30.2. The van der Waals surface area contributed by atoms with E-state index in [1.54, 1.807) is 30.3 Å². The van der Waals surface area contributed by atoms with E-state index >= 15 is 0 Å². The summed E-state index contributed by atoms with van der Waals surface area (Å²) in [6, 6.07) is 3.86. The van der Waals surface area contributed by atoms with Crippen molar-refractivity contribution in [2.75, 3.05) is 31.2 Å². The Morgan fingerprint density at radius 1 is 0.688 bits per heavy atom. The van der Waals surface area contributed by atoms with Gasteiger partial charge in [0.15, 0.2) is 10.9 Å². The van der Waals surface area contributed by atoms with E-state index in [1.807, 2.05) is 0 Å². The van der Waals surface area contributed by atoms with E-state index in [0.717, 1.165) is 21.6 Å². The number of rotatable bonds is 34. The van der Waals surface area contributed by atoms with Crippen LogP contribution in [-0.4, -0.2) is 145 Å². The Kier molecular flexibility index (Phi) is 27.3. The lowest BCUT2D eigenvalue weighted by atomic mass is 9.90. The number of esters is 1. The molecule has 10 N–H and O–H groups in total. The molecule has 0 saturated carbocycles. The Morgan fingerprint density at radius 2 is 1.36 bits per heavy atom. The van der Waals surface area contributed by atoms with Gasteiger partial charge in [-0.25, -0.2) is 9.59 Å². The van der Waals surface area contributed by atoms with E-state index in [-0.39, 0.29) is 68.4 Å². The van der Waals surface area contributed by atoms with Crippen molar-refractivity contribution < 1.29 is 83.0 Å². The van der Waals surface area contributed by atoms with E-state index in [9.17, 15) is 73.2 Å². The van der Waals surface area contributed by atoms with Crippen LogP contribution in [0.25, 0.3) is 0 Å². The molecule has 0 aliphatic carbocycles. The monoisotopic (exact) mass is 959 g/mol. The summed E-state index contributed by atoms with van der Waals surface area (Å²) in [5.41, 5.74) is 0.577. The number of benzene rings is 1. The predicted molar refractivity (Wildman–Crippen MR) is 233 cm³/mol. The van der Waals surface area contributed by atoms with Gasteiger partial charge in [0.2, 0.25) is 17.7 Å². The number of carbonyl (C=O) groups is 11. The van der Waals surface area contributed by atoms with Gasteiger partial charge >= 0.3 is 35.8 Å². The van der Waals surface area contributed by atoms with E-state index in [1.165, 1.54) is 6.92 Å². The van der Waals surface area contributed by atoms with Crippen LogP contribution in [0.2, 0.25) is 0 Å². The minimum atomic E-state index is -1.69. The van der Waals surface area contributed by atoms with Crippen molar-refractivity contribution in [3.05, 3.63) is 35.9 Å². The number of ketones is 2. The topological polar surface area (TPSA) is 358 Å². The minimum Gasteiger partial charge on any atom is -0.481 e. The number of hydrogen-bond donors (Lipinski definition) is 10. The molecule has 1 aromatic rings. The Morgan fingerprint density at radius 3 is 1.95 bits per heavy atom. The number of nitrogens with one attached hydrogen (secondary N) is 5. The maximum absolute atomic E-state index is 13.6. The summed E-state index contributed by atoms with van der Waals surface area (Å²) < 4.78 is 4.96. The first-order valence-corrected chi connectivity index (χ1v) is 22.6. The number of carboxylic acids is 5. The fourth-order valence-electron chi connectivity index (χ4n) is 5.51. The molecule has 3 amide bonds. The van der Waals surface area contributed by atoms with Crippen molar-refractivity contribution in [1.82, 2.24) is 26.6 Å². The Bertz CT molecular complexity index is 1820. The Hall–Kier alpha value is -5.82. The van der Waals surface area contributed by atoms with Gasteiger partial charge in [0.25, 0.3) is 0 Å². The number of hydrogen-bond acceptors (Lipinski definition) is 15. The summed E-state index contributed by atoms with van der Waals surface area (Å²) in [6.07, 6.45) is -3.85. The van der Waals surface area contributed by atoms with Crippen molar-refractivity contribution in [1.29, 1.82) is 0 Å². The fourth-order valence-corrected chi connectivity index (χ4v) is 7.74. The Balaban J connectivity index is 2.92. The average Bonchev–Trinajstić information content (AvgIpc) is 3.21. The third kappa shape index (κ3) is 26.0. The summed E-state index contributed by atoms with van der Waals surface area (Å²) in [5.74, 6) is -13.7. The summed E-state index contributed by atoms with van der Waals surface area (Å²) in [7, 11) is 2.20. The van der Waals surface area contributed by atoms with Crippen molar-refractivity contribution in [2.45, 2.75) is 89.3 Å². The quantitative estimate of drug-likeness (QED) is 0.0193. The normalized spacial score (nSPS) is 13.0. The van der Waals surface area contributed by atoms with Gasteiger partial charge in [-0.3, -0.25) is 43.2 Å². The molecule has 0 aliphatic heterocycles. The highest BCUT2D eigenvalue weighted by atomic mass is 33.1. The molecular formula is C39H53N5O17S3. The van der Waals surface area contributed by atoms with Gasteiger partial charge in [-0.15, -0.1) is 0 Å². The van der Waals surface area contributed by atoms with Crippen LogP contribution in [0.15, 0.2) is 30.3 Å². The zero-order valence-corrected chi connectivity index (χ0v) is 37.2. The molecule has 1 rings (SSSR count). The van der Waals surface area contributed by atoms with Crippen molar-refractivity contribution in [3.63, 3.8) is 0 Å². The van der Waals surface area contributed by atoms with Crippen LogP contribution in [0.1, 0.15) is 70.3 Å². The number of carboxylic acid groups (broad SMARTS) is 5. The van der Waals surface area contributed by atoms with Crippen LogP contribution in [-0.2, 0) is 63.9 Å². The van der Waals surface area contributed by atoms with Crippen LogP contribution in [0.3, 0.4) is 0 Å².